The molecule has 0 fully saturated rings. The number of esters is 1. The standard InChI is InChI=1S/C6H12O4S/c1-10-6(7)4-2-3-5-11(8)9/h2-5H2,1H3,(H,8,9)/p-1. The molecule has 5 heteroatoms. The highest BCUT2D eigenvalue weighted by molar-refractivity contribution is 7.79. The van der Waals surface area contributed by atoms with Gasteiger partial charge in [-0.1, -0.05) is 11.1 Å². The second kappa shape index (κ2) is 6.30. The van der Waals surface area contributed by atoms with Gasteiger partial charge in [0.25, 0.3) is 0 Å². The SMILES string of the molecule is COC(=O)CCCCS(=O)[O-]. The Balaban J connectivity index is 3.14. The summed E-state index contributed by atoms with van der Waals surface area (Å²) in [5.74, 6) is -0.168. The molecule has 0 saturated heterocycles. The molecule has 0 amide bonds. The van der Waals surface area contributed by atoms with Crippen LogP contribution in [0.5, 0.6) is 0 Å². The molecule has 66 valence electrons. The van der Waals surface area contributed by atoms with Gasteiger partial charge in [0.2, 0.25) is 0 Å². The van der Waals surface area contributed by atoms with Crippen LogP contribution in [0.4, 0.5) is 0 Å². The fraction of sp³-hybridized carbons (Fsp3) is 0.833. The Morgan fingerprint density at radius 2 is 2.18 bits per heavy atom. The molecule has 0 aromatic carbocycles. The number of unbranched alkanes of at least 4 members (excludes halogenated alkanes) is 1. The molecule has 0 aliphatic carbocycles. The highest BCUT2D eigenvalue weighted by Crippen LogP contribution is 1.97. The summed E-state index contributed by atoms with van der Waals surface area (Å²) < 4.78 is 24.4. The maximum absolute atomic E-state index is 10.5. The van der Waals surface area contributed by atoms with Crippen molar-refractivity contribution in [3.63, 3.8) is 0 Å². The van der Waals surface area contributed by atoms with Gasteiger partial charge in [-0.05, 0) is 12.8 Å². The van der Waals surface area contributed by atoms with Crippen LogP contribution in [0.3, 0.4) is 0 Å². The largest absolute Gasteiger partial charge is 0.772 e. The fourth-order valence-electron chi connectivity index (χ4n) is 0.591. The van der Waals surface area contributed by atoms with E-state index in [-0.39, 0.29) is 11.7 Å². The highest BCUT2D eigenvalue weighted by atomic mass is 32.2. The van der Waals surface area contributed by atoms with Gasteiger partial charge in [-0.25, -0.2) is 0 Å². The van der Waals surface area contributed by atoms with Crippen molar-refractivity contribution in [2.75, 3.05) is 12.9 Å². The maximum Gasteiger partial charge on any atom is 0.305 e. The number of rotatable bonds is 5. The Labute approximate surface area is 68.2 Å². The van der Waals surface area contributed by atoms with Gasteiger partial charge >= 0.3 is 5.97 Å². The minimum absolute atomic E-state index is 0.122. The lowest BCUT2D eigenvalue weighted by molar-refractivity contribution is -0.140. The van der Waals surface area contributed by atoms with Crippen molar-refractivity contribution in [3.8, 4) is 0 Å². The van der Waals surface area contributed by atoms with Gasteiger partial charge < -0.3 is 9.29 Å². The van der Waals surface area contributed by atoms with Crippen molar-refractivity contribution in [3.05, 3.63) is 0 Å². The number of carbonyl (C=O) groups is 1. The van der Waals surface area contributed by atoms with E-state index < -0.39 is 11.1 Å². The quantitative estimate of drug-likeness (QED) is 0.344. The third-order valence-electron chi connectivity index (χ3n) is 1.17. The predicted octanol–water partition coefficient (Wildman–Crippen LogP) is 0.209. The van der Waals surface area contributed by atoms with Crippen molar-refractivity contribution in [2.45, 2.75) is 19.3 Å². The number of carbonyl (C=O) groups excluding carboxylic acids is 1. The molecule has 0 aromatic heterocycles. The molecule has 11 heavy (non-hydrogen) atoms. The van der Waals surface area contributed by atoms with Crippen molar-refractivity contribution >= 4 is 17.0 Å². The van der Waals surface area contributed by atoms with Crippen LogP contribution in [0.15, 0.2) is 0 Å². The lowest BCUT2D eigenvalue weighted by Crippen LogP contribution is -2.01. The average Bonchev–Trinajstić information content (AvgIpc) is 1.97. The van der Waals surface area contributed by atoms with Gasteiger partial charge in [-0.3, -0.25) is 9.00 Å². The minimum atomic E-state index is -1.98. The zero-order valence-electron chi connectivity index (χ0n) is 6.37. The first-order valence-electron chi connectivity index (χ1n) is 3.29. The van der Waals surface area contributed by atoms with E-state index in [1.54, 1.807) is 0 Å². The summed E-state index contributed by atoms with van der Waals surface area (Å²) in [6.07, 6.45) is 1.39. The van der Waals surface area contributed by atoms with Crippen LogP contribution in [-0.2, 0) is 20.6 Å². The zero-order valence-corrected chi connectivity index (χ0v) is 7.19. The molecule has 0 saturated carbocycles. The molecule has 0 heterocycles. The summed E-state index contributed by atoms with van der Waals surface area (Å²) in [6, 6.07) is 0. The molecule has 0 rings (SSSR count). The van der Waals surface area contributed by atoms with Crippen LogP contribution in [0.25, 0.3) is 0 Å². The fourth-order valence-corrected chi connectivity index (χ4v) is 1.03. The van der Waals surface area contributed by atoms with E-state index in [2.05, 4.69) is 4.74 Å². The van der Waals surface area contributed by atoms with Crippen LogP contribution in [0.2, 0.25) is 0 Å². The summed E-state index contributed by atoms with van der Waals surface area (Å²) in [4.78, 5) is 10.5. The monoisotopic (exact) mass is 179 g/mol. The number of methoxy groups -OCH3 is 1. The molecule has 0 aliphatic heterocycles. The lowest BCUT2D eigenvalue weighted by atomic mass is 10.2. The normalized spacial score (nSPS) is 12.5. The predicted molar refractivity (Wildman–Crippen MR) is 39.7 cm³/mol. The van der Waals surface area contributed by atoms with Crippen molar-refractivity contribution in [1.29, 1.82) is 0 Å². The van der Waals surface area contributed by atoms with Crippen molar-refractivity contribution < 1.29 is 18.3 Å². The number of hydrogen-bond donors (Lipinski definition) is 0. The smallest absolute Gasteiger partial charge is 0.305 e. The summed E-state index contributed by atoms with van der Waals surface area (Å²) in [5.41, 5.74) is 0. The Kier molecular flexibility index (Phi) is 6.06. The maximum atomic E-state index is 10.5. The van der Waals surface area contributed by atoms with Gasteiger partial charge in [-0.2, -0.15) is 0 Å². The van der Waals surface area contributed by atoms with Crippen molar-refractivity contribution in [1.82, 2.24) is 0 Å². The molecule has 4 nitrogen and oxygen atoms in total. The van der Waals surface area contributed by atoms with E-state index in [0.29, 0.717) is 19.3 Å². The molecule has 0 bridgehead atoms. The van der Waals surface area contributed by atoms with E-state index >= 15 is 0 Å². The third kappa shape index (κ3) is 7.48. The van der Waals surface area contributed by atoms with Crippen molar-refractivity contribution in [2.24, 2.45) is 0 Å². The summed E-state index contributed by atoms with van der Waals surface area (Å²) in [6.45, 7) is 0. The van der Waals surface area contributed by atoms with Gasteiger partial charge in [0, 0.05) is 12.2 Å². The topological polar surface area (TPSA) is 66.4 Å². The van der Waals surface area contributed by atoms with Gasteiger partial charge in [0.15, 0.2) is 0 Å². The second-order valence-corrected chi connectivity index (χ2v) is 3.06. The Morgan fingerprint density at radius 3 is 2.64 bits per heavy atom. The van der Waals surface area contributed by atoms with Gasteiger partial charge in [0.1, 0.15) is 0 Å². The first-order chi connectivity index (χ1) is 5.16. The molecule has 1 unspecified atom stereocenters. The zero-order chi connectivity index (χ0) is 8.69. The first-order valence-corrected chi connectivity index (χ1v) is 4.54. The minimum Gasteiger partial charge on any atom is -0.772 e. The first kappa shape index (κ1) is 10.6. The second-order valence-electron chi connectivity index (χ2n) is 2.04. The van der Waals surface area contributed by atoms with Gasteiger partial charge in [0.05, 0.1) is 7.11 Å². The van der Waals surface area contributed by atoms with E-state index in [1.165, 1.54) is 7.11 Å². The Bertz CT molecular complexity index is 146. The molecule has 1 atom stereocenters. The number of ether oxygens (including phenoxy) is 1. The molecule has 0 spiro atoms. The van der Waals surface area contributed by atoms with E-state index in [9.17, 15) is 13.6 Å². The van der Waals surface area contributed by atoms with Crippen LogP contribution in [0, 0.1) is 0 Å². The van der Waals surface area contributed by atoms with E-state index in [0.717, 1.165) is 0 Å². The van der Waals surface area contributed by atoms with Crippen LogP contribution >= 0.6 is 0 Å². The summed E-state index contributed by atoms with van der Waals surface area (Å²) in [5, 5.41) is 0. The Hall–Kier alpha value is -0.420. The van der Waals surface area contributed by atoms with Crippen LogP contribution in [0.1, 0.15) is 19.3 Å². The van der Waals surface area contributed by atoms with E-state index in [1.807, 2.05) is 0 Å². The molecule has 0 radical (unpaired) electrons. The van der Waals surface area contributed by atoms with Crippen LogP contribution in [-0.4, -0.2) is 27.6 Å². The van der Waals surface area contributed by atoms with Crippen LogP contribution < -0.4 is 0 Å². The summed E-state index contributed by atoms with van der Waals surface area (Å²) in [7, 11) is 1.31. The van der Waals surface area contributed by atoms with E-state index in [4.69, 9.17) is 0 Å². The van der Waals surface area contributed by atoms with Gasteiger partial charge in [-0.15, -0.1) is 0 Å². The third-order valence-corrected chi connectivity index (χ3v) is 1.79. The summed E-state index contributed by atoms with van der Waals surface area (Å²) >= 11 is -1.98. The molecule has 0 aromatic rings. The molecular weight excluding hydrogens is 168 g/mol. The molecule has 0 N–H and O–H groups in total. The molecule has 0 aliphatic rings. The molecular formula is C6H11O4S-. The lowest BCUT2D eigenvalue weighted by Gasteiger charge is -2.02. The highest BCUT2D eigenvalue weighted by Gasteiger charge is 1.98. The number of hydrogen-bond acceptors (Lipinski definition) is 4. The Morgan fingerprint density at radius 1 is 1.55 bits per heavy atom. The average molecular weight is 179 g/mol.